The second-order valence-corrected chi connectivity index (χ2v) is 5.65. The zero-order valence-electron chi connectivity index (χ0n) is 13.0. The molecule has 1 aromatic heterocycles. The molecule has 3 aromatic rings. The molecule has 0 spiro atoms. The first-order valence-electron chi connectivity index (χ1n) is 7.33. The maximum Gasteiger partial charge on any atom is 0.573 e. The Labute approximate surface area is 150 Å². The Bertz CT molecular complexity index is 1020. The number of azide groups is 1. The third-order valence-corrected chi connectivity index (χ3v) is 3.85. The molecule has 0 unspecified atom stereocenters. The van der Waals surface area contributed by atoms with Crippen LogP contribution in [0.25, 0.3) is 32.6 Å². The number of nitrogens with zero attached hydrogens (tertiary/aromatic N) is 4. The van der Waals surface area contributed by atoms with Crippen LogP contribution in [-0.2, 0) is 6.54 Å². The van der Waals surface area contributed by atoms with Gasteiger partial charge >= 0.3 is 6.36 Å². The van der Waals surface area contributed by atoms with E-state index >= 15 is 0 Å². The van der Waals surface area contributed by atoms with Gasteiger partial charge in [0.25, 0.3) is 0 Å². The summed E-state index contributed by atoms with van der Waals surface area (Å²) < 4.78 is 42.3. The van der Waals surface area contributed by atoms with E-state index in [1.54, 1.807) is 30.3 Å². The first-order chi connectivity index (χ1) is 12.4. The van der Waals surface area contributed by atoms with Gasteiger partial charge in [-0.05, 0) is 35.4 Å². The highest BCUT2D eigenvalue weighted by atomic mass is 35.5. The summed E-state index contributed by atoms with van der Waals surface area (Å²) in [5.41, 5.74) is 9.80. The van der Waals surface area contributed by atoms with Crippen LogP contribution in [-0.4, -0.2) is 11.3 Å². The van der Waals surface area contributed by atoms with Crippen LogP contribution in [0.2, 0.25) is 5.02 Å². The van der Waals surface area contributed by atoms with Crippen molar-refractivity contribution in [2.24, 2.45) is 5.11 Å². The first-order valence-corrected chi connectivity index (χ1v) is 7.71. The summed E-state index contributed by atoms with van der Waals surface area (Å²) in [7, 11) is 0. The lowest BCUT2D eigenvalue weighted by atomic mass is 10.0. The van der Waals surface area contributed by atoms with Gasteiger partial charge in [0.2, 0.25) is 0 Å². The summed E-state index contributed by atoms with van der Waals surface area (Å²) in [4.78, 5) is 7.13. The summed E-state index contributed by atoms with van der Waals surface area (Å²) >= 11 is 6.16. The fourth-order valence-corrected chi connectivity index (χ4v) is 2.77. The molecule has 26 heavy (non-hydrogen) atoms. The standard InChI is InChI=1S/C17H10ClF3N4O/c18-13-6-3-4-10-8-11(9-23-25-22)15(24-16(10)13)12-5-1-2-7-14(12)26-17(19,20)21/h1-8H,9H2. The fourth-order valence-electron chi connectivity index (χ4n) is 2.54. The topological polar surface area (TPSA) is 70.9 Å². The molecule has 0 bridgehead atoms. The van der Waals surface area contributed by atoms with Crippen LogP contribution in [0, 0.1) is 0 Å². The summed E-state index contributed by atoms with van der Waals surface area (Å²) in [6, 6.07) is 12.4. The van der Waals surface area contributed by atoms with Gasteiger partial charge in [0.05, 0.1) is 22.8 Å². The van der Waals surface area contributed by atoms with Gasteiger partial charge in [-0.1, -0.05) is 41.0 Å². The van der Waals surface area contributed by atoms with Crippen molar-refractivity contribution in [2.75, 3.05) is 0 Å². The molecule has 0 aliphatic rings. The Morgan fingerprint density at radius 2 is 1.92 bits per heavy atom. The number of aromatic nitrogens is 1. The molecule has 3 rings (SSSR count). The molecule has 5 nitrogen and oxygen atoms in total. The van der Waals surface area contributed by atoms with Crippen molar-refractivity contribution in [2.45, 2.75) is 12.9 Å². The van der Waals surface area contributed by atoms with Crippen LogP contribution in [0.3, 0.4) is 0 Å². The third-order valence-electron chi connectivity index (χ3n) is 3.55. The average molecular weight is 379 g/mol. The molecule has 0 saturated carbocycles. The molecule has 0 amide bonds. The second kappa shape index (κ2) is 7.11. The van der Waals surface area contributed by atoms with E-state index in [0.717, 1.165) is 0 Å². The van der Waals surface area contributed by atoms with Gasteiger partial charge in [0, 0.05) is 15.9 Å². The number of ether oxygens (including phenoxy) is 1. The molecule has 9 heteroatoms. The molecule has 0 N–H and O–H groups in total. The smallest absolute Gasteiger partial charge is 0.405 e. The number of pyridine rings is 1. The van der Waals surface area contributed by atoms with Crippen molar-refractivity contribution in [1.29, 1.82) is 0 Å². The first kappa shape index (κ1) is 17.8. The lowest BCUT2D eigenvalue weighted by Gasteiger charge is -2.15. The van der Waals surface area contributed by atoms with Gasteiger partial charge in [0.1, 0.15) is 5.75 Å². The highest BCUT2D eigenvalue weighted by Gasteiger charge is 2.32. The summed E-state index contributed by atoms with van der Waals surface area (Å²) in [5.74, 6) is -0.402. The van der Waals surface area contributed by atoms with E-state index < -0.39 is 12.1 Å². The van der Waals surface area contributed by atoms with Crippen LogP contribution in [0.5, 0.6) is 5.75 Å². The van der Waals surface area contributed by atoms with Crippen LogP contribution in [0.15, 0.2) is 53.6 Å². The molecule has 1 heterocycles. The van der Waals surface area contributed by atoms with E-state index in [4.69, 9.17) is 17.1 Å². The molecule has 0 aliphatic carbocycles. The van der Waals surface area contributed by atoms with Gasteiger partial charge in [-0.2, -0.15) is 0 Å². The maximum atomic E-state index is 12.7. The van der Waals surface area contributed by atoms with Crippen molar-refractivity contribution in [3.05, 3.63) is 69.6 Å². The fraction of sp³-hybridized carbons (Fsp3) is 0.118. The highest BCUT2D eigenvalue weighted by molar-refractivity contribution is 6.35. The number of hydrogen-bond donors (Lipinski definition) is 0. The Morgan fingerprint density at radius 1 is 1.15 bits per heavy atom. The lowest BCUT2D eigenvalue weighted by Crippen LogP contribution is -2.17. The minimum Gasteiger partial charge on any atom is -0.405 e. The number of para-hydroxylation sites is 2. The third kappa shape index (κ3) is 3.82. The van der Waals surface area contributed by atoms with E-state index in [9.17, 15) is 13.2 Å². The molecule has 132 valence electrons. The number of hydrogen-bond acceptors (Lipinski definition) is 3. The van der Waals surface area contributed by atoms with Crippen LogP contribution < -0.4 is 4.74 Å². The zero-order valence-corrected chi connectivity index (χ0v) is 13.8. The number of fused-ring (bicyclic) bond motifs is 1. The quantitative estimate of drug-likeness (QED) is 0.305. The van der Waals surface area contributed by atoms with E-state index in [0.29, 0.717) is 21.5 Å². The minimum atomic E-state index is -4.85. The maximum absolute atomic E-state index is 12.7. The van der Waals surface area contributed by atoms with Crippen LogP contribution in [0.1, 0.15) is 5.56 Å². The highest BCUT2D eigenvalue weighted by Crippen LogP contribution is 2.36. The summed E-state index contributed by atoms with van der Waals surface area (Å²) in [6.45, 7) is -0.0817. The van der Waals surface area contributed by atoms with Crippen molar-refractivity contribution >= 4 is 22.5 Å². The van der Waals surface area contributed by atoms with Crippen molar-refractivity contribution in [3.8, 4) is 17.0 Å². The van der Waals surface area contributed by atoms with Crippen molar-refractivity contribution in [3.63, 3.8) is 0 Å². The molecule has 0 radical (unpaired) electrons. The van der Waals surface area contributed by atoms with Crippen LogP contribution in [0.4, 0.5) is 13.2 Å². The van der Waals surface area contributed by atoms with Gasteiger partial charge in [0.15, 0.2) is 0 Å². The zero-order chi connectivity index (χ0) is 18.7. The molecule has 2 aromatic carbocycles. The molecular formula is C17H10ClF3N4O. The van der Waals surface area contributed by atoms with Gasteiger partial charge < -0.3 is 4.74 Å². The second-order valence-electron chi connectivity index (χ2n) is 5.24. The van der Waals surface area contributed by atoms with Gasteiger partial charge in [-0.15, -0.1) is 13.2 Å². The number of benzene rings is 2. The largest absolute Gasteiger partial charge is 0.573 e. The monoisotopic (exact) mass is 378 g/mol. The average Bonchev–Trinajstić information content (AvgIpc) is 2.59. The predicted molar refractivity (Wildman–Crippen MR) is 91.7 cm³/mol. The number of alkyl halides is 3. The van der Waals surface area contributed by atoms with Crippen LogP contribution >= 0.6 is 11.6 Å². The SMILES string of the molecule is [N-]=[N+]=NCc1cc2cccc(Cl)c2nc1-c1ccccc1OC(F)(F)F. The normalized spacial score (nSPS) is 11.2. The Hall–Kier alpha value is -2.96. The molecular weight excluding hydrogens is 369 g/mol. The molecule has 0 saturated heterocycles. The lowest BCUT2D eigenvalue weighted by molar-refractivity contribution is -0.274. The molecule has 0 fully saturated rings. The van der Waals surface area contributed by atoms with E-state index in [-0.39, 0.29) is 17.8 Å². The van der Waals surface area contributed by atoms with Gasteiger partial charge in [-0.25, -0.2) is 4.98 Å². The van der Waals surface area contributed by atoms with Crippen molar-refractivity contribution in [1.82, 2.24) is 4.98 Å². The number of halogens is 4. The van der Waals surface area contributed by atoms with Crippen molar-refractivity contribution < 1.29 is 17.9 Å². The predicted octanol–water partition coefficient (Wildman–Crippen LogP) is 6.26. The van der Waals surface area contributed by atoms with E-state index in [1.807, 2.05) is 0 Å². The Morgan fingerprint density at radius 3 is 2.65 bits per heavy atom. The number of rotatable bonds is 4. The van der Waals surface area contributed by atoms with E-state index in [1.165, 1.54) is 18.2 Å². The Balaban J connectivity index is 2.26. The van der Waals surface area contributed by atoms with E-state index in [2.05, 4.69) is 19.7 Å². The summed E-state index contributed by atoms with van der Waals surface area (Å²) in [6.07, 6.45) is -4.85. The van der Waals surface area contributed by atoms with Gasteiger partial charge in [-0.3, -0.25) is 0 Å². The Kier molecular flexibility index (Phi) is 4.88. The minimum absolute atomic E-state index is 0.0817. The molecule has 0 atom stereocenters. The molecule has 0 aliphatic heterocycles. The summed E-state index contributed by atoms with van der Waals surface area (Å²) in [5, 5.41) is 4.54.